The Labute approximate surface area is 186 Å². The maximum Gasteiger partial charge on any atom is 0.250 e. The number of primary amides is 1. The Balaban J connectivity index is 1.66. The van der Waals surface area contributed by atoms with Gasteiger partial charge in [0.25, 0.3) is 5.91 Å². The number of benzene rings is 2. The zero-order chi connectivity index (χ0) is 22.2. The van der Waals surface area contributed by atoms with E-state index in [0.717, 1.165) is 53.8 Å². The van der Waals surface area contributed by atoms with Crippen molar-refractivity contribution in [2.24, 2.45) is 5.73 Å². The number of para-hydroxylation sites is 1. The van der Waals surface area contributed by atoms with Gasteiger partial charge in [0.15, 0.2) is 5.82 Å². The predicted octanol–water partition coefficient (Wildman–Crippen LogP) is 3.71. The monoisotopic (exact) mass is 426 g/mol. The highest BCUT2D eigenvalue weighted by atomic mass is 16.1. The van der Waals surface area contributed by atoms with E-state index in [1.165, 1.54) is 15.8 Å². The van der Waals surface area contributed by atoms with Crippen LogP contribution in [0.3, 0.4) is 0 Å². The number of aryl methyl sites for hydroxylation is 1. The largest absolute Gasteiger partial charge is 0.366 e. The van der Waals surface area contributed by atoms with E-state index in [1.54, 1.807) is 6.07 Å². The van der Waals surface area contributed by atoms with E-state index in [2.05, 4.69) is 17.4 Å². The standard InChI is InChI=1S/C25H26N6O/c1-15-21(18-11-7-12-19(23(26)32)22(18)31(15)27)25-29-20-13-6-5-10-17(20)24(30-25)28-14-16-8-3-2-4-9-16/h2-4,7-9,11-12H,5-6,10,13-14,27H2,1H3,(H2,26,32)(H,28,29,30). The highest BCUT2D eigenvalue weighted by molar-refractivity contribution is 6.09. The number of hydrogen-bond acceptors (Lipinski definition) is 5. The summed E-state index contributed by atoms with van der Waals surface area (Å²) in [5, 5.41) is 4.36. The summed E-state index contributed by atoms with van der Waals surface area (Å²) in [5.41, 5.74) is 11.7. The first-order valence-electron chi connectivity index (χ1n) is 10.9. The van der Waals surface area contributed by atoms with Gasteiger partial charge in [-0.15, -0.1) is 0 Å². The fraction of sp³-hybridized carbons (Fsp3) is 0.240. The number of carbonyl (C=O) groups is 1. The first-order chi connectivity index (χ1) is 15.5. The second-order valence-electron chi connectivity index (χ2n) is 8.26. The van der Waals surface area contributed by atoms with Crippen LogP contribution in [0.25, 0.3) is 22.3 Å². The molecule has 1 aliphatic rings. The zero-order valence-electron chi connectivity index (χ0n) is 18.1. The van der Waals surface area contributed by atoms with Crippen LogP contribution in [0, 0.1) is 6.92 Å². The topological polar surface area (TPSA) is 112 Å². The number of rotatable bonds is 5. The number of aromatic nitrogens is 3. The van der Waals surface area contributed by atoms with Crippen molar-refractivity contribution in [2.75, 3.05) is 11.2 Å². The van der Waals surface area contributed by atoms with Crippen molar-refractivity contribution >= 4 is 22.6 Å². The number of nitrogen functional groups attached to an aromatic ring is 1. The smallest absolute Gasteiger partial charge is 0.250 e. The molecule has 0 saturated heterocycles. The van der Waals surface area contributed by atoms with Crippen molar-refractivity contribution in [3.8, 4) is 11.4 Å². The number of anilines is 1. The second-order valence-corrected chi connectivity index (χ2v) is 8.26. The molecule has 0 atom stereocenters. The van der Waals surface area contributed by atoms with E-state index >= 15 is 0 Å². The molecule has 5 rings (SSSR count). The van der Waals surface area contributed by atoms with Crippen molar-refractivity contribution in [3.05, 3.63) is 76.6 Å². The number of nitrogens with two attached hydrogens (primary N) is 2. The quantitative estimate of drug-likeness (QED) is 0.421. The summed E-state index contributed by atoms with van der Waals surface area (Å²) < 4.78 is 1.52. The zero-order valence-corrected chi connectivity index (χ0v) is 18.1. The van der Waals surface area contributed by atoms with Gasteiger partial charge in [0.05, 0.1) is 11.1 Å². The van der Waals surface area contributed by atoms with Gasteiger partial charge in [-0.05, 0) is 44.2 Å². The van der Waals surface area contributed by atoms with E-state index in [9.17, 15) is 4.79 Å². The first-order valence-corrected chi connectivity index (χ1v) is 10.9. The summed E-state index contributed by atoms with van der Waals surface area (Å²) in [6.45, 7) is 2.60. The molecule has 1 aliphatic carbocycles. The Bertz CT molecular complexity index is 1330. The summed E-state index contributed by atoms with van der Waals surface area (Å²) in [6, 6.07) is 15.7. The van der Waals surface area contributed by atoms with Crippen LogP contribution in [0.1, 0.15) is 45.7 Å². The van der Waals surface area contributed by atoms with Gasteiger partial charge >= 0.3 is 0 Å². The molecule has 2 aromatic carbocycles. The molecule has 0 unspecified atom stereocenters. The SMILES string of the molecule is Cc1c(-c2nc3c(c(NCc4ccccc4)n2)CCCC3)c2cccc(C(N)=O)c2n1N. The fourth-order valence-corrected chi connectivity index (χ4v) is 4.60. The van der Waals surface area contributed by atoms with Gasteiger partial charge in [0, 0.05) is 34.4 Å². The van der Waals surface area contributed by atoms with Gasteiger partial charge in [-0.25, -0.2) is 9.97 Å². The molecule has 32 heavy (non-hydrogen) atoms. The molecule has 2 heterocycles. The third kappa shape index (κ3) is 3.36. The summed E-state index contributed by atoms with van der Waals surface area (Å²) in [5.74, 6) is 7.34. The molecule has 0 spiro atoms. The lowest BCUT2D eigenvalue weighted by Gasteiger charge is -2.20. The van der Waals surface area contributed by atoms with Crippen molar-refractivity contribution < 1.29 is 4.79 Å². The molecule has 0 aliphatic heterocycles. The molecule has 5 N–H and O–H groups in total. The summed E-state index contributed by atoms with van der Waals surface area (Å²) in [6.07, 6.45) is 4.15. The van der Waals surface area contributed by atoms with Crippen LogP contribution in [0.15, 0.2) is 48.5 Å². The number of nitrogens with zero attached hydrogens (tertiary/aromatic N) is 3. The Morgan fingerprint density at radius 3 is 2.62 bits per heavy atom. The van der Waals surface area contributed by atoms with Gasteiger partial charge in [0.1, 0.15) is 5.82 Å². The molecule has 0 radical (unpaired) electrons. The van der Waals surface area contributed by atoms with E-state index in [1.807, 2.05) is 37.3 Å². The summed E-state index contributed by atoms with van der Waals surface area (Å²) in [7, 11) is 0. The average molecular weight is 427 g/mol. The third-order valence-electron chi connectivity index (χ3n) is 6.24. The van der Waals surface area contributed by atoms with Crippen molar-refractivity contribution in [1.82, 2.24) is 14.6 Å². The molecule has 162 valence electrons. The van der Waals surface area contributed by atoms with Crippen LogP contribution in [-0.4, -0.2) is 20.6 Å². The minimum atomic E-state index is -0.511. The molecule has 4 aromatic rings. The first kappa shape index (κ1) is 20.1. The maximum atomic E-state index is 12.0. The van der Waals surface area contributed by atoms with Crippen LogP contribution < -0.4 is 16.9 Å². The van der Waals surface area contributed by atoms with Gasteiger partial charge in [-0.2, -0.15) is 0 Å². The van der Waals surface area contributed by atoms with Crippen LogP contribution in [0.4, 0.5) is 5.82 Å². The Morgan fingerprint density at radius 2 is 1.84 bits per heavy atom. The summed E-state index contributed by atoms with van der Waals surface area (Å²) in [4.78, 5) is 21.9. The van der Waals surface area contributed by atoms with E-state index in [0.29, 0.717) is 23.4 Å². The number of amides is 1. The van der Waals surface area contributed by atoms with Crippen LogP contribution in [0.2, 0.25) is 0 Å². The molecule has 0 saturated carbocycles. The third-order valence-corrected chi connectivity index (χ3v) is 6.24. The van der Waals surface area contributed by atoms with Gasteiger partial charge in [-0.3, -0.25) is 9.47 Å². The number of hydrogen-bond donors (Lipinski definition) is 3. The molecular weight excluding hydrogens is 400 g/mol. The van der Waals surface area contributed by atoms with Crippen molar-refractivity contribution in [1.29, 1.82) is 0 Å². The summed E-state index contributed by atoms with van der Waals surface area (Å²) >= 11 is 0. The lowest BCUT2D eigenvalue weighted by Crippen LogP contribution is -2.16. The van der Waals surface area contributed by atoms with E-state index in [4.69, 9.17) is 21.5 Å². The molecule has 0 fully saturated rings. The Morgan fingerprint density at radius 1 is 1.06 bits per heavy atom. The lowest BCUT2D eigenvalue weighted by molar-refractivity contribution is 0.100. The van der Waals surface area contributed by atoms with Gasteiger partial charge < -0.3 is 16.9 Å². The van der Waals surface area contributed by atoms with Crippen molar-refractivity contribution in [3.63, 3.8) is 0 Å². The van der Waals surface area contributed by atoms with Gasteiger partial charge in [0.2, 0.25) is 0 Å². The second kappa shape index (κ2) is 8.00. The number of nitrogens with one attached hydrogen (secondary N) is 1. The normalized spacial score (nSPS) is 13.2. The predicted molar refractivity (Wildman–Crippen MR) is 127 cm³/mol. The highest BCUT2D eigenvalue weighted by Crippen LogP contribution is 2.36. The van der Waals surface area contributed by atoms with E-state index in [-0.39, 0.29) is 0 Å². The highest BCUT2D eigenvalue weighted by Gasteiger charge is 2.24. The fourth-order valence-electron chi connectivity index (χ4n) is 4.60. The van der Waals surface area contributed by atoms with E-state index < -0.39 is 5.91 Å². The lowest BCUT2D eigenvalue weighted by atomic mass is 9.96. The number of carbonyl (C=O) groups excluding carboxylic acids is 1. The molecule has 7 nitrogen and oxygen atoms in total. The Hall–Kier alpha value is -3.87. The molecule has 7 heteroatoms. The molecule has 0 bridgehead atoms. The van der Waals surface area contributed by atoms with Crippen LogP contribution in [0.5, 0.6) is 0 Å². The van der Waals surface area contributed by atoms with Crippen LogP contribution >= 0.6 is 0 Å². The minimum absolute atomic E-state index is 0.389. The number of fused-ring (bicyclic) bond motifs is 2. The molecule has 2 aromatic heterocycles. The molecular formula is C25H26N6O. The maximum absolute atomic E-state index is 12.0. The molecule has 1 amide bonds. The Kier molecular flexibility index (Phi) is 5.01. The van der Waals surface area contributed by atoms with Gasteiger partial charge in [-0.1, -0.05) is 42.5 Å². The van der Waals surface area contributed by atoms with Crippen molar-refractivity contribution in [2.45, 2.75) is 39.2 Å². The van der Waals surface area contributed by atoms with Crippen LogP contribution in [-0.2, 0) is 19.4 Å². The minimum Gasteiger partial charge on any atom is -0.366 e. The average Bonchev–Trinajstić information content (AvgIpc) is 3.08.